The second-order valence-corrected chi connectivity index (χ2v) is 4.30. The van der Waals surface area contributed by atoms with E-state index in [0.29, 0.717) is 10.7 Å². The highest BCUT2D eigenvalue weighted by Crippen LogP contribution is 2.23. The minimum Gasteiger partial charge on any atom is -0.411 e. The van der Waals surface area contributed by atoms with Crippen LogP contribution in [0.2, 0.25) is 5.02 Å². The van der Waals surface area contributed by atoms with Crippen molar-refractivity contribution in [3.63, 3.8) is 0 Å². The number of halogens is 1. The van der Waals surface area contributed by atoms with E-state index in [1.54, 1.807) is 6.92 Å². The number of para-hydroxylation sites is 1. The highest BCUT2D eigenvalue weighted by molar-refractivity contribution is 6.30. The second-order valence-electron chi connectivity index (χ2n) is 3.87. The summed E-state index contributed by atoms with van der Waals surface area (Å²) in [6.45, 7) is 1.75. The number of hydrogen-bond donors (Lipinski definition) is 2. The maximum atomic E-state index is 8.86. The second kappa shape index (κ2) is 5.56. The van der Waals surface area contributed by atoms with Gasteiger partial charge in [-0.1, -0.05) is 41.0 Å². The molecule has 2 N–H and O–H groups in total. The van der Waals surface area contributed by atoms with Crippen molar-refractivity contribution in [1.82, 2.24) is 0 Å². The lowest BCUT2D eigenvalue weighted by Gasteiger charge is -2.11. The summed E-state index contributed by atoms with van der Waals surface area (Å²) < 4.78 is 0. The molecule has 0 bridgehead atoms. The first kappa shape index (κ1) is 12.5. The molecule has 0 spiro atoms. The van der Waals surface area contributed by atoms with E-state index < -0.39 is 0 Å². The van der Waals surface area contributed by atoms with Crippen LogP contribution in [0.25, 0.3) is 0 Å². The van der Waals surface area contributed by atoms with Gasteiger partial charge in [-0.05, 0) is 31.2 Å². The number of nitrogens with zero attached hydrogens (tertiary/aromatic N) is 1. The highest BCUT2D eigenvalue weighted by Gasteiger charge is 2.05. The van der Waals surface area contributed by atoms with Gasteiger partial charge in [-0.3, -0.25) is 0 Å². The van der Waals surface area contributed by atoms with E-state index in [1.165, 1.54) is 0 Å². The van der Waals surface area contributed by atoms with Gasteiger partial charge in [0.15, 0.2) is 0 Å². The van der Waals surface area contributed by atoms with Crippen LogP contribution in [0, 0.1) is 0 Å². The summed E-state index contributed by atoms with van der Waals surface area (Å²) >= 11 is 5.94. The molecule has 0 saturated heterocycles. The van der Waals surface area contributed by atoms with Gasteiger partial charge in [0.25, 0.3) is 0 Å². The number of oxime groups is 1. The van der Waals surface area contributed by atoms with Crippen LogP contribution in [0.5, 0.6) is 0 Å². The maximum absolute atomic E-state index is 8.86. The Labute approximate surface area is 111 Å². The zero-order chi connectivity index (χ0) is 13.0. The fourth-order valence-corrected chi connectivity index (χ4v) is 1.87. The van der Waals surface area contributed by atoms with E-state index in [9.17, 15) is 0 Å². The molecule has 0 atom stereocenters. The van der Waals surface area contributed by atoms with Crippen molar-refractivity contribution in [2.24, 2.45) is 5.16 Å². The molecule has 0 heterocycles. The summed E-state index contributed by atoms with van der Waals surface area (Å²) in [7, 11) is 0. The van der Waals surface area contributed by atoms with Gasteiger partial charge in [-0.25, -0.2) is 0 Å². The lowest BCUT2D eigenvalue weighted by molar-refractivity contribution is 0.319. The van der Waals surface area contributed by atoms with Gasteiger partial charge in [0.2, 0.25) is 0 Å². The molecule has 2 rings (SSSR count). The molecular formula is C14H13ClN2O. The lowest BCUT2D eigenvalue weighted by atomic mass is 10.1. The highest BCUT2D eigenvalue weighted by atomic mass is 35.5. The largest absolute Gasteiger partial charge is 0.411 e. The summed E-state index contributed by atoms with van der Waals surface area (Å²) in [6, 6.07) is 15.1. The molecule has 0 radical (unpaired) electrons. The van der Waals surface area contributed by atoms with Crippen LogP contribution in [0.3, 0.4) is 0 Å². The molecule has 2 aromatic rings. The summed E-state index contributed by atoms with van der Waals surface area (Å²) in [5.41, 5.74) is 3.16. The third kappa shape index (κ3) is 2.81. The number of nitrogens with one attached hydrogen (secondary N) is 1. The molecule has 0 unspecified atom stereocenters. The first-order chi connectivity index (χ1) is 8.70. The summed E-state index contributed by atoms with van der Waals surface area (Å²) in [6.07, 6.45) is 0. The first-order valence-corrected chi connectivity index (χ1v) is 5.89. The van der Waals surface area contributed by atoms with Crippen molar-refractivity contribution < 1.29 is 5.21 Å². The van der Waals surface area contributed by atoms with Crippen LogP contribution in [-0.4, -0.2) is 10.9 Å². The Morgan fingerprint density at radius 1 is 1.17 bits per heavy atom. The molecule has 0 fully saturated rings. The molecule has 0 amide bonds. The number of hydrogen-bond acceptors (Lipinski definition) is 3. The quantitative estimate of drug-likeness (QED) is 0.491. The fraction of sp³-hybridized carbons (Fsp3) is 0.0714. The Bertz CT molecular complexity index is 582. The van der Waals surface area contributed by atoms with E-state index >= 15 is 0 Å². The standard InChI is InChI=1S/C14H13ClN2O/c1-10(17-18)13-7-2-3-8-14(13)16-12-6-4-5-11(15)9-12/h2-9,16,18H,1H3/b17-10+. The third-order valence-corrected chi connectivity index (χ3v) is 2.81. The van der Waals surface area contributed by atoms with Crippen LogP contribution in [-0.2, 0) is 0 Å². The topological polar surface area (TPSA) is 44.6 Å². The van der Waals surface area contributed by atoms with Crippen molar-refractivity contribution in [3.05, 3.63) is 59.1 Å². The number of anilines is 2. The first-order valence-electron chi connectivity index (χ1n) is 5.51. The van der Waals surface area contributed by atoms with Crippen molar-refractivity contribution in [3.8, 4) is 0 Å². The predicted octanol–water partition coefficient (Wildman–Crippen LogP) is 4.28. The van der Waals surface area contributed by atoms with E-state index in [1.807, 2.05) is 48.5 Å². The molecule has 0 aliphatic carbocycles. The average Bonchev–Trinajstić information content (AvgIpc) is 2.38. The minimum atomic E-state index is 0.556. The average molecular weight is 261 g/mol. The Balaban J connectivity index is 2.35. The van der Waals surface area contributed by atoms with Gasteiger partial charge in [-0.2, -0.15) is 0 Å². The van der Waals surface area contributed by atoms with Crippen molar-refractivity contribution in [2.45, 2.75) is 6.92 Å². The zero-order valence-corrected chi connectivity index (χ0v) is 10.6. The molecule has 92 valence electrons. The minimum absolute atomic E-state index is 0.556. The van der Waals surface area contributed by atoms with Crippen LogP contribution in [0.4, 0.5) is 11.4 Å². The van der Waals surface area contributed by atoms with E-state index in [-0.39, 0.29) is 0 Å². The molecule has 0 aromatic heterocycles. The zero-order valence-electron chi connectivity index (χ0n) is 9.89. The molecule has 18 heavy (non-hydrogen) atoms. The van der Waals surface area contributed by atoms with Crippen LogP contribution < -0.4 is 5.32 Å². The van der Waals surface area contributed by atoms with Crippen LogP contribution in [0.1, 0.15) is 12.5 Å². The Morgan fingerprint density at radius 2 is 1.94 bits per heavy atom. The van der Waals surface area contributed by atoms with Gasteiger partial charge in [-0.15, -0.1) is 0 Å². The third-order valence-electron chi connectivity index (χ3n) is 2.57. The predicted molar refractivity (Wildman–Crippen MR) is 75.2 cm³/mol. The van der Waals surface area contributed by atoms with Gasteiger partial charge in [0.05, 0.1) is 5.71 Å². The number of rotatable bonds is 3. The van der Waals surface area contributed by atoms with Gasteiger partial charge in [0.1, 0.15) is 0 Å². The van der Waals surface area contributed by atoms with Gasteiger partial charge < -0.3 is 10.5 Å². The van der Waals surface area contributed by atoms with E-state index in [4.69, 9.17) is 16.8 Å². The van der Waals surface area contributed by atoms with Crippen LogP contribution >= 0.6 is 11.6 Å². The van der Waals surface area contributed by atoms with Crippen LogP contribution in [0.15, 0.2) is 53.7 Å². The molecule has 0 saturated carbocycles. The smallest absolute Gasteiger partial charge is 0.0857 e. The SMILES string of the molecule is C/C(=N\O)c1ccccc1Nc1cccc(Cl)c1. The summed E-state index contributed by atoms with van der Waals surface area (Å²) in [5.74, 6) is 0. The molecule has 3 nitrogen and oxygen atoms in total. The summed E-state index contributed by atoms with van der Waals surface area (Å²) in [4.78, 5) is 0. The van der Waals surface area contributed by atoms with Crippen molar-refractivity contribution >= 4 is 28.7 Å². The molecule has 0 aliphatic heterocycles. The lowest BCUT2D eigenvalue weighted by Crippen LogP contribution is -2.01. The monoisotopic (exact) mass is 260 g/mol. The summed E-state index contributed by atoms with van der Waals surface area (Å²) in [5, 5.41) is 16.0. The Morgan fingerprint density at radius 3 is 2.67 bits per heavy atom. The normalized spacial score (nSPS) is 11.3. The fourth-order valence-electron chi connectivity index (χ4n) is 1.68. The molecular weight excluding hydrogens is 248 g/mol. The van der Waals surface area contributed by atoms with E-state index in [0.717, 1.165) is 16.9 Å². The molecule has 4 heteroatoms. The van der Waals surface area contributed by atoms with Gasteiger partial charge >= 0.3 is 0 Å². The molecule has 2 aromatic carbocycles. The van der Waals surface area contributed by atoms with E-state index in [2.05, 4.69) is 10.5 Å². The molecule has 0 aliphatic rings. The maximum Gasteiger partial charge on any atom is 0.0857 e. The Kier molecular flexibility index (Phi) is 3.85. The van der Waals surface area contributed by atoms with Crippen molar-refractivity contribution in [2.75, 3.05) is 5.32 Å². The van der Waals surface area contributed by atoms with Gasteiger partial charge in [0, 0.05) is 22.0 Å². The van der Waals surface area contributed by atoms with Crippen molar-refractivity contribution in [1.29, 1.82) is 0 Å². The Hall–Kier alpha value is -2.00. The number of benzene rings is 2.